The quantitative estimate of drug-likeness (QED) is 0.104. The van der Waals surface area contributed by atoms with Crippen molar-refractivity contribution >= 4 is 11.0 Å². The van der Waals surface area contributed by atoms with Crippen molar-refractivity contribution in [3.05, 3.63) is 166 Å². The van der Waals surface area contributed by atoms with E-state index in [1.807, 2.05) is 73.1 Å². The molecule has 73 heavy (non-hydrogen) atoms. The standard InChI is InChI=1S/C68H80N3O.Pt/c1-17-67(15,18-2)57-24-22-25-58(68(16,19-3)20-4)62(57)49-31-32-60(45(11)35-49)71-61-26-21-23-54(63(61)70-65(71)56-40-50(43(7)8)39-55(44(9)10)64(56)72)51-36-52(38-53(37-51)66(12,13)14)59-41-48(33-34-69-59)47-29-27-46(28-30-47)42(5)6;/h21-35,37-44,72H,17-20H2,1-16H3;/q-1;/i11D3,42D;. The van der Waals surface area contributed by atoms with Gasteiger partial charge in [0.05, 0.1) is 22.3 Å². The van der Waals surface area contributed by atoms with Crippen molar-refractivity contribution in [3.8, 4) is 67.5 Å². The van der Waals surface area contributed by atoms with Crippen LogP contribution in [0.5, 0.6) is 5.75 Å². The minimum Gasteiger partial charge on any atom is -0.507 e. The van der Waals surface area contributed by atoms with Crippen LogP contribution in [0.2, 0.25) is 0 Å². The number of pyridine rings is 1. The monoisotopic (exact) mass is 1150 g/mol. The summed E-state index contributed by atoms with van der Waals surface area (Å²) >= 11 is 0. The SMILES string of the molecule is [2H]C([2H])([2H])c1cc(-c2c(C(C)(CC)CC)cccc2C(C)(CC)CC)ccc1-n1c(-c2cc(C(C)C)cc(C(C)C)c2O)nc2c(-c3[c-]c(-c4cc(-c5ccc(C([2H])(C)C)cc5)ccn4)cc(C(C)(C)C)c3)cccc21.[Pt]. The molecule has 1 N–H and O–H groups in total. The predicted octanol–water partition coefficient (Wildman–Crippen LogP) is 19.4. The van der Waals surface area contributed by atoms with Gasteiger partial charge in [-0.05, 0) is 152 Å². The van der Waals surface area contributed by atoms with Crippen LogP contribution in [-0.4, -0.2) is 19.6 Å². The summed E-state index contributed by atoms with van der Waals surface area (Å²) in [5, 5.41) is 12.5. The van der Waals surface area contributed by atoms with Crippen molar-refractivity contribution < 1.29 is 31.7 Å². The van der Waals surface area contributed by atoms with E-state index in [1.54, 1.807) is 0 Å². The van der Waals surface area contributed by atoms with Crippen molar-refractivity contribution in [2.75, 3.05) is 0 Å². The Hall–Kier alpha value is -5.57. The number of fused-ring (bicyclic) bond motifs is 1. The van der Waals surface area contributed by atoms with Gasteiger partial charge in [0.1, 0.15) is 11.6 Å². The first-order chi connectivity index (χ1) is 35.7. The molecular formula is C68H80N3OPt-. The number of aryl methyl sites for hydroxylation is 1. The molecule has 2 aromatic heterocycles. The Morgan fingerprint density at radius 2 is 1.26 bits per heavy atom. The van der Waals surface area contributed by atoms with Gasteiger partial charge in [-0.15, -0.1) is 29.3 Å². The molecule has 0 bridgehead atoms. The summed E-state index contributed by atoms with van der Waals surface area (Å²) in [6.07, 6.45) is 5.58. The number of hydrogen-bond acceptors (Lipinski definition) is 3. The molecule has 0 fully saturated rings. The normalized spacial score (nSPS) is 13.5. The number of hydrogen-bond donors (Lipinski definition) is 1. The van der Waals surface area contributed by atoms with E-state index in [0.29, 0.717) is 28.1 Å². The van der Waals surface area contributed by atoms with Crippen LogP contribution in [0.15, 0.2) is 121 Å². The molecule has 0 aliphatic rings. The molecule has 0 amide bonds. The second-order valence-corrected chi connectivity index (χ2v) is 22.7. The number of phenols is 1. The first-order valence-electron chi connectivity index (χ1n) is 28.5. The van der Waals surface area contributed by atoms with Crippen molar-refractivity contribution in [1.29, 1.82) is 0 Å². The molecule has 0 spiro atoms. The molecular weight excluding hydrogens is 1070 g/mol. The third-order valence-corrected chi connectivity index (χ3v) is 16.2. The Morgan fingerprint density at radius 3 is 1.84 bits per heavy atom. The van der Waals surface area contributed by atoms with Gasteiger partial charge in [0.2, 0.25) is 0 Å². The van der Waals surface area contributed by atoms with Gasteiger partial charge in [-0.1, -0.05) is 188 Å². The zero-order valence-corrected chi connectivity index (χ0v) is 48.4. The second kappa shape index (κ2) is 21.7. The Morgan fingerprint density at radius 1 is 0.644 bits per heavy atom. The summed E-state index contributed by atoms with van der Waals surface area (Å²) in [4.78, 5) is 10.5. The third-order valence-electron chi connectivity index (χ3n) is 16.2. The molecule has 8 aromatic rings. The molecule has 0 unspecified atom stereocenters. The summed E-state index contributed by atoms with van der Waals surface area (Å²) in [6, 6.07) is 43.4. The van der Waals surface area contributed by atoms with Crippen LogP contribution in [0.1, 0.15) is 192 Å². The third kappa shape index (κ3) is 10.6. The maximum absolute atomic E-state index is 12.5. The Bertz CT molecular complexity index is 3380. The minimum atomic E-state index is -2.54. The number of aromatic hydroxyl groups is 1. The van der Waals surface area contributed by atoms with E-state index in [2.05, 4.69) is 163 Å². The summed E-state index contributed by atoms with van der Waals surface area (Å²) < 4.78 is 38.7. The fraction of sp³-hybridized carbons (Fsp3) is 0.382. The largest absolute Gasteiger partial charge is 0.507 e. The average Bonchev–Trinajstić information content (AvgIpc) is 3.79. The average molecular weight is 1150 g/mol. The molecule has 0 atom stereocenters. The van der Waals surface area contributed by atoms with Gasteiger partial charge >= 0.3 is 0 Å². The molecule has 4 nitrogen and oxygen atoms in total. The first kappa shape index (κ1) is 49.6. The van der Waals surface area contributed by atoms with E-state index in [1.165, 1.54) is 11.1 Å². The molecule has 0 radical (unpaired) electrons. The molecule has 5 heteroatoms. The van der Waals surface area contributed by atoms with E-state index in [4.69, 9.17) is 11.3 Å². The van der Waals surface area contributed by atoms with Gasteiger partial charge in [-0.3, -0.25) is 9.55 Å². The number of imidazole rings is 1. The van der Waals surface area contributed by atoms with Gasteiger partial charge in [-0.25, -0.2) is 4.98 Å². The van der Waals surface area contributed by atoms with Gasteiger partial charge in [-0.2, -0.15) is 0 Å². The van der Waals surface area contributed by atoms with Crippen LogP contribution >= 0.6 is 0 Å². The smallest absolute Gasteiger partial charge is 0.148 e. The number of aromatic nitrogens is 3. The fourth-order valence-electron chi connectivity index (χ4n) is 10.4. The van der Waals surface area contributed by atoms with Crippen molar-refractivity contribution in [2.45, 2.75) is 170 Å². The summed E-state index contributed by atoms with van der Waals surface area (Å²) in [5.74, 6) is 0.0276. The predicted molar refractivity (Wildman–Crippen MR) is 308 cm³/mol. The van der Waals surface area contributed by atoms with Gasteiger partial charge in [0, 0.05) is 38.4 Å². The maximum Gasteiger partial charge on any atom is 0.148 e. The molecule has 0 aliphatic heterocycles. The van der Waals surface area contributed by atoms with Crippen LogP contribution in [0.3, 0.4) is 0 Å². The topological polar surface area (TPSA) is 50.9 Å². The summed E-state index contributed by atoms with van der Waals surface area (Å²) in [6.45, 7) is 30.0. The molecule has 6 aromatic carbocycles. The van der Waals surface area contributed by atoms with E-state index >= 15 is 0 Å². The zero-order chi connectivity index (χ0) is 55.4. The molecule has 2 heterocycles. The Labute approximate surface area is 459 Å². The minimum absolute atomic E-state index is 0. The van der Waals surface area contributed by atoms with Crippen LogP contribution in [0.4, 0.5) is 0 Å². The van der Waals surface area contributed by atoms with E-state index in [0.717, 1.165) is 92.6 Å². The molecule has 0 saturated heterocycles. The number of rotatable bonds is 15. The number of phenolic OH excluding ortho intramolecular Hbond substituents is 1. The van der Waals surface area contributed by atoms with Crippen LogP contribution < -0.4 is 0 Å². The number of para-hydroxylation sites is 1. The Balaban J connectivity index is 0.00000861. The van der Waals surface area contributed by atoms with Crippen LogP contribution in [0, 0.1) is 12.9 Å². The maximum atomic E-state index is 12.5. The number of nitrogens with zero attached hydrogens (tertiary/aromatic N) is 3. The van der Waals surface area contributed by atoms with E-state index in [9.17, 15) is 9.22 Å². The molecule has 0 saturated carbocycles. The van der Waals surface area contributed by atoms with Gasteiger partial charge < -0.3 is 5.11 Å². The Kier molecular flexibility index (Phi) is 14.8. The van der Waals surface area contributed by atoms with Gasteiger partial charge in [0.25, 0.3) is 0 Å². The van der Waals surface area contributed by atoms with Crippen molar-refractivity contribution in [3.63, 3.8) is 0 Å². The molecule has 0 aliphatic carbocycles. The van der Waals surface area contributed by atoms with Crippen molar-refractivity contribution in [1.82, 2.24) is 14.5 Å². The van der Waals surface area contributed by atoms with E-state index < -0.39 is 12.7 Å². The fourth-order valence-corrected chi connectivity index (χ4v) is 10.4. The number of benzene rings is 6. The van der Waals surface area contributed by atoms with Gasteiger partial charge in [0.15, 0.2) is 0 Å². The first-order valence-corrected chi connectivity index (χ1v) is 26.5. The second-order valence-electron chi connectivity index (χ2n) is 22.7. The zero-order valence-electron chi connectivity index (χ0n) is 50.1. The van der Waals surface area contributed by atoms with Crippen LogP contribution in [0.25, 0.3) is 72.7 Å². The summed E-state index contributed by atoms with van der Waals surface area (Å²) in [7, 11) is 0. The molecule has 8 rings (SSSR count). The molecule has 384 valence electrons. The van der Waals surface area contributed by atoms with E-state index in [-0.39, 0.29) is 60.5 Å². The van der Waals surface area contributed by atoms with Crippen molar-refractivity contribution in [2.24, 2.45) is 0 Å². The summed E-state index contributed by atoms with van der Waals surface area (Å²) in [5.41, 5.74) is 15.7. The van der Waals surface area contributed by atoms with Crippen LogP contribution in [-0.2, 0) is 37.3 Å².